The normalized spacial score (nSPS) is 37.4. The molecule has 3 heteroatoms. The van der Waals surface area contributed by atoms with E-state index in [9.17, 15) is 0 Å². The molecule has 1 rings (SSSR count). The fourth-order valence-corrected chi connectivity index (χ4v) is 1.18. The summed E-state index contributed by atoms with van der Waals surface area (Å²) in [6, 6.07) is 0.0670. The Morgan fingerprint density at radius 1 is 1.90 bits per heavy atom. The van der Waals surface area contributed by atoms with Crippen molar-refractivity contribution in [3.8, 4) is 0 Å². The van der Waals surface area contributed by atoms with E-state index in [2.05, 4.69) is 5.32 Å². The van der Waals surface area contributed by atoms with Crippen LogP contribution in [0.2, 0.25) is 0 Å². The summed E-state index contributed by atoms with van der Waals surface area (Å²) in [6.07, 6.45) is 0.575. The van der Waals surface area contributed by atoms with Crippen molar-refractivity contribution in [1.82, 2.24) is 5.32 Å². The second-order valence-corrected chi connectivity index (χ2v) is 2.47. The van der Waals surface area contributed by atoms with Gasteiger partial charge < -0.3 is 15.2 Å². The second-order valence-electron chi connectivity index (χ2n) is 2.47. The highest BCUT2D eigenvalue weighted by atomic mass is 16.5. The highest BCUT2D eigenvalue weighted by Crippen LogP contribution is 2.08. The Morgan fingerprint density at radius 2 is 2.70 bits per heavy atom. The quantitative estimate of drug-likeness (QED) is 0.578. The summed E-state index contributed by atoms with van der Waals surface area (Å²) in [5.74, 6) is 0. The van der Waals surface area contributed by atoms with Crippen LogP contribution in [0, 0.1) is 0 Å². The number of aliphatic hydroxyl groups is 1. The summed E-state index contributed by atoms with van der Waals surface area (Å²) in [4.78, 5) is 0. The highest BCUT2D eigenvalue weighted by molar-refractivity contribution is 4.81. The van der Waals surface area contributed by atoms with Crippen molar-refractivity contribution in [1.29, 1.82) is 0 Å². The minimum atomic E-state index is -1.57. The zero-order valence-electron chi connectivity index (χ0n) is 8.13. The first-order chi connectivity index (χ1) is 5.51. The minimum absolute atomic E-state index is 0.0670. The van der Waals surface area contributed by atoms with Crippen molar-refractivity contribution >= 4 is 0 Å². The number of rotatable bonds is 3. The molecule has 1 unspecified atom stereocenters. The highest BCUT2D eigenvalue weighted by Gasteiger charge is 2.22. The molecule has 0 aromatic rings. The van der Waals surface area contributed by atoms with Crippen LogP contribution < -0.4 is 5.32 Å². The van der Waals surface area contributed by atoms with E-state index in [1.54, 1.807) is 0 Å². The molecule has 0 spiro atoms. The van der Waals surface area contributed by atoms with Gasteiger partial charge in [0, 0.05) is 19.1 Å². The van der Waals surface area contributed by atoms with Crippen LogP contribution in [0.3, 0.4) is 0 Å². The molecule has 0 aliphatic carbocycles. The van der Waals surface area contributed by atoms with E-state index >= 15 is 0 Å². The summed E-state index contributed by atoms with van der Waals surface area (Å²) in [6.45, 7) is 0.529. The molecule has 2 atom stereocenters. The summed E-state index contributed by atoms with van der Waals surface area (Å²) in [5.41, 5.74) is 0. The molecule has 1 aliphatic rings. The Kier molecular flexibility index (Phi) is 2.16. The van der Waals surface area contributed by atoms with Crippen molar-refractivity contribution in [3.05, 3.63) is 0 Å². The third kappa shape index (κ3) is 1.94. The van der Waals surface area contributed by atoms with Gasteiger partial charge in [-0.1, -0.05) is 0 Å². The van der Waals surface area contributed by atoms with Crippen LogP contribution in [-0.2, 0) is 4.74 Å². The van der Waals surface area contributed by atoms with Gasteiger partial charge in [0.15, 0.2) is 0 Å². The molecule has 1 heterocycles. The van der Waals surface area contributed by atoms with Crippen LogP contribution >= 0.6 is 0 Å². The van der Waals surface area contributed by atoms with Gasteiger partial charge in [-0.25, -0.2) is 0 Å². The van der Waals surface area contributed by atoms with Crippen LogP contribution in [-0.4, -0.2) is 37.0 Å². The van der Waals surface area contributed by atoms with Crippen LogP contribution in [0.1, 0.15) is 16.1 Å². The maximum atomic E-state index is 8.77. The van der Waals surface area contributed by atoms with E-state index in [4.69, 9.17) is 12.6 Å². The molecule has 0 aromatic carbocycles. The molecular formula is C7H15NO2. The lowest BCUT2D eigenvalue weighted by atomic mass is 10.2. The van der Waals surface area contributed by atoms with Crippen LogP contribution in [0.5, 0.6) is 0 Å². The molecule has 60 valence electrons. The molecule has 1 aliphatic heterocycles. The van der Waals surface area contributed by atoms with Gasteiger partial charge >= 0.3 is 0 Å². The monoisotopic (exact) mass is 147 g/mol. The lowest BCUT2D eigenvalue weighted by molar-refractivity contribution is 0.0739. The van der Waals surface area contributed by atoms with Crippen LogP contribution in [0.4, 0.5) is 0 Å². The van der Waals surface area contributed by atoms with Crippen LogP contribution in [0.15, 0.2) is 0 Å². The van der Waals surface area contributed by atoms with Crippen molar-refractivity contribution in [2.75, 3.05) is 19.7 Å². The first kappa shape index (κ1) is 5.52. The Balaban J connectivity index is 2.28. The fraction of sp³-hybridized carbons (Fsp3) is 1.00. The Labute approximate surface area is 64.2 Å². The summed E-state index contributed by atoms with van der Waals surface area (Å²) >= 11 is 0. The zero-order valence-corrected chi connectivity index (χ0v) is 6.13. The van der Waals surface area contributed by atoms with E-state index in [0.29, 0.717) is 13.0 Å². The SMILES string of the molecule is [2H]C([2H])(C)O[C@H]1CNC(CO)C1. The van der Waals surface area contributed by atoms with Gasteiger partial charge in [0.05, 0.1) is 15.5 Å². The fourth-order valence-electron chi connectivity index (χ4n) is 1.18. The molecule has 0 bridgehead atoms. The van der Waals surface area contributed by atoms with E-state index in [-0.39, 0.29) is 18.8 Å². The number of ether oxygens (including phenoxy) is 1. The van der Waals surface area contributed by atoms with Crippen molar-refractivity contribution in [2.45, 2.75) is 25.5 Å². The molecule has 0 amide bonds. The molecule has 1 saturated heterocycles. The maximum Gasteiger partial charge on any atom is 0.0715 e. The summed E-state index contributed by atoms with van der Waals surface area (Å²) in [5, 5.41) is 11.8. The van der Waals surface area contributed by atoms with Crippen molar-refractivity contribution < 1.29 is 12.6 Å². The number of hydrogen-bond donors (Lipinski definition) is 2. The van der Waals surface area contributed by atoms with Gasteiger partial charge in [-0.2, -0.15) is 0 Å². The standard InChI is InChI=1S/C7H15NO2/c1-2-10-7-3-6(5-9)8-4-7/h6-9H,2-5H2,1H3/t6?,7-/m1/s1/i2D2. The Morgan fingerprint density at radius 3 is 3.20 bits per heavy atom. The summed E-state index contributed by atoms with van der Waals surface area (Å²) < 4.78 is 19.4. The predicted octanol–water partition coefficient (Wildman–Crippen LogP) is -0.254. The topological polar surface area (TPSA) is 41.5 Å². The van der Waals surface area contributed by atoms with E-state index in [1.807, 2.05) is 0 Å². The third-order valence-electron chi connectivity index (χ3n) is 1.69. The lowest BCUT2D eigenvalue weighted by Gasteiger charge is -2.07. The van der Waals surface area contributed by atoms with Gasteiger partial charge in [-0.05, 0) is 13.3 Å². The molecule has 3 nitrogen and oxygen atoms in total. The number of hydrogen-bond acceptors (Lipinski definition) is 3. The molecule has 10 heavy (non-hydrogen) atoms. The minimum Gasteiger partial charge on any atom is -0.395 e. The molecular weight excluding hydrogens is 130 g/mol. The molecule has 0 radical (unpaired) electrons. The van der Waals surface area contributed by atoms with Crippen LogP contribution in [0.25, 0.3) is 0 Å². The van der Waals surface area contributed by atoms with E-state index in [0.717, 1.165) is 0 Å². The number of aliphatic hydroxyl groups excluding tert-OH is 1. The molecule has 0 aromatic heterocycles. The Bertz CT molecular complexity index is 149. The molecule has 0 saturated carbocycles. The smallest absolute Gasteiger partial charge is 0.0715 e. The van der Waals surface area contributed by atoms with Gasteiger partial charge in [0.25, 0.3) is 0 Å². The molecule has 2 N–H and O–H groups in total. The first-order valence-electron chi connectivity index (χ1n) is 4.53. The average Bonchev–Trinajstić information content (AvgIpc) is 2.32. The van der Waals surface area contributed by atoms with Crippen molar-refractivity contribution in [2.24, 2.45) is 0 Å². The first-order valence-corrected chi connectivity index (χ1v) is 3.53. The second kappa shape index (κ2) is 3.91. The van der Waals surface area contributed by atoms with E-state index in [1.165, 1.54) is 6.92 Å². The average molecular weight is 147 g/mol. The van der Waals surface area contributed by atoms with E-state index < -0.39 is 6.56 Å². The maximum absolute atomic E-state index is 8.77. The third-order valence-corrected chi connectivity index (χ3v) is 1.69. The predicted molar refractivity (Wildman–Crippen MR) is 38.9 cm³/mol. The van der Waals surface area contributed by atoms with Crippen molar-refractivity contribution in [3.63, 3.8) is 0 Å². The summed E-state index contributed by atoms with van der Waals surface area (Å²) in [7, 11) is 0. The molecule has 1 fully saturated rings. The van der Waals surface area contributed by atoms with Gasteiger partial charge in [-0.15, -0.1) is 0 Å². The zero-order chi connectivity index (χ0) is 9.19. The Hall–Kier alpha value is -0.120. The van der Waals surface area contributed by atoms with Gasteiger partial charge in [0.2, 0.25) is 0 Å². The number of nitrogens with one attached hydrogen (secondary N) is 1. The van der Waals surface area contributed by atoms with Gasteiger partial charge in [0.1, 0.15) is 0 Å². The largest absolute Gasteiger partial charge is 0.395 e. The van der Waals surface area contributed by atoms with Gasteiger partial charge in [-0.3, -0.25) is 0 Å². The lowest BCUT2D eigenvalue weighted by Crippen LogP contribution is -2.24.